The molecule has 0 radical (unpaired) electrons. The molecule has 2 fully saturated rings. The fourth-order valence-corrected chi connectivity index (χ4v) is 2.43. The Morgan fingerprint density at radius 3 is 2.41 bits per heavy atom. The van der Waals surface area contributed by atoms with Crippen LogP contribution in [-0.2, 0) is 9.47 Å². The molecule has 17 heavy (non-hydrogen) atoms. The summed E-state index contributed by atoms with van der Waals surface area (Å²) < 4.78 is 10.7. The zero-order chi connectivity index (χ0) is 12.5. The van der Waals surface area contributed by atoms with Crippen LogP contribution in [0.1, 0.15) is 33.6 Å². The second-order valence-corrected chi connectivity index (χ2v) is 5.91. The fourth-order valence-electron chi connectivity index (χ4n) is 2.43. The van der Waals surface area contributed by atoms with E-state index in [1.165, 1.54) is 0 Å². The van der Waals surface area contributed by atoms with Gasteiger partial charge < -0.3 is 20.1 Å². The van der Waals surface area contributed by atoms with E-state index in [1.54, 1.807) is 0 Å². The van der Waals surface area contributed by atoms with Gasteiger partial charge in [0.05, 0.1) is 13.2 Å². The molecule has 2 bridgehead atoms. The van der Waals surface area contributed by atoms with E-state index in [9.17, 15) is 4.79 Å². The van der Waals surface area contributed by atoms with Crippen LogP contribution in [0, 0.1) is 0 Å². The maximum atomic E-state index is 11.7. The maximum Gasteiger partial charge on any atom is 0.407 e. The summed E-state index contributed by atoms with van der Waals surface area (Å²) >= 11 is 0. The molecular formula is C12H22N2O3. The topological polar surface area (TPSA) is 59.6 Å². The van der Waals surface area contributed by atoms with Gasteiger partial charge >= 0.3 is 6.09 Å². The van der Waals surface area contributed by atoms with Crippen molar-refractivity contribution in [1.29, 1.82) is 0 Å². The molecule has 0 saturated carbocycles. The van der Waals surface area contributed by atoms with E-state index >= 15 is 0 Å². The summed E-state index contributed by atoms with van der Waals surface area (Å²) in [6, 6.07) is 0.926. The predicted molar refractivity (Wildman–Crippen MR) is 63.9 cm³/mol. The molecule has 2 N–H and O–H groups in total. The molecular weight excluding hydrogens is 220 g/mol. The van der Waals surface area contributed by atoms with Gasteiger partial charge in [-0.2, -0.15) is 0 Å². The molecule has 2 rings (SSSR count). The second kappa shape index (κ2) is 4.82. The maximum absolute atomic E-state index is 11.7. The summed E-state index contributed by atoms with van der Waals surface area (Å²) in [5.74, 6) is 0. The molecule has 0 aromatic heterocycles. The molecule has 0 aromatic carbocycles. The summed E-state index contributed by atoms with van der Waals surface area (Å²) in [5.41, 5.74) is -0.435. The minimum atomic E-state index is -0.435. The zero-order valence-corrected chi connectivity index (χ0v) is 10.8. The molecule has 5 nitrogen and oxygen atoms in total. The molecule has 0 spiro atoms. The minimum Gasteiger partial charge on any atom is -0.444 e. The Balaban J connectivity index is 1.81. The number of morpholine rings is 1. The van der Waals surface area contributed by atoms with Crippen LogP contribution in [0.5, 0.6) is 0 Å². The van der Waals surface area contributed by atoms with E-state index in [4.69, 9.17) is 9.47 Å². The Hall–Kier alpha value is -0.810. The Morgan fingerprint density at radius 1 is 1.29 bits per heavy atom. The highest BCUT2D eigenvalue weighted by molar-refractivity contribution is 5.68. The molecule has 2 heterocycles. The lowest BCUT2D eigenvalue weighted by molar-refractivity contribution is 0.0100. The van der Waals surface area contributed by atoms with Gasteiger partial charge in [0.1, 0.15) is 5.60 Å². The van der Waals surface area contributed by atoms with Crippen molar-refractivity contribution in [1.82, 2.24) is 10.6 Å². The Bertz CT molecular complexity index is 276. The second-order valence-electron chi connectivity index (χ2n) is 5.91. The highest BCUT2D eigenvalue weighted by Crippen LogP contribution is 2.19. The van der Waals surface area contributed by atoms with Gasteiger partial charge in [-0.1, -0.05) is 0 Å². The summed E-state index contributed by atoms with van der Waals surface area (Å²) in [6.45, 7) is 7.10. The zero-order valence-electron chi connectivity index (χ0n) is 10.8. The van der Waals surface area contributed by atoms with Gasteiger partial charge in [-0.15, -0.1) is 0 Å². The monoisotopic (exact) mass is 242 g/mol. The fraction of sp³-hybridized carbons (Fsp3) is 0.917. The SMILES string of the molecule is CC(C)(C)OC(=O)NC1C[C@@H]2COC[C@@H](C1)N2. The van der Waals surface area contributed by atoms with Crippen LogP contribution >= 0.6 is 0 Å². The number of nitrogens with one attached hydrogen (secondary N) is 2. The van der Waals surface area contributed by atoms with Crippen molar-refractivity contribution in [2.45, 2.75) is 57.3 Å². The largest absolute Gasteiger partial charge is 0.444 e. The molecule has 2 aliphatic rings. The van der Waals surface area contributed by atoms with Gasteiger partial charge in [-0.05, 0) is 33.6 Å². The standard InChI is InChI=1S/C12H22N2O3/c1-12(2,3)17-11(15)14-8-4-9-6-16-7-10(5-8)13-9/h8-10,13H,4-7H2,1-3H3,(H,14,15)/t9-,10-/m1/s1. The number of carbonyl (C=O) groups excluding carboxylic acids is 1. The first kappa shape index (κ1) is 12.6. The number of alkyl carbamates (subject to hydrolysis) is 1. The van der Waals surface area contributed by atoms with Crippen molar-refractivity contribution in [3.05, 3.63) is 0 Å². The van der Waals surface area contributed by atoms with Gasteiger partial charge in [0.25, 0.3) is 0 Å². The number of fused-ring (bicyclic) bond motifs is 2. The lowest BCUT2D eigenvalue weighted by Gasteiger charge is -2.40. The third kappa shape index (κ3) is 3.85. The Kier molecular flexibility index (Phi) is 3.58. The first-order chi connectivity index (χ1) is 7.92. The highest BCUT2D eigenvalue weighted by atomic mass is 16.6. The van der Waals surface area contributed by atoms with Crippen LogP contribution in [-0.4, -0.2) is 43.0 Å². The highest BCUT2D eigenvalue weighted by Gasteiger charge is 2.33. The summed E-state index contributed by atoms with van der Waals surface area (Å²) in [7, 11) is 0. The van der Waals surface area contributed by atoms with Crippen molar-refractivity contribution in [3.8, 4) is 0 Å². The average molecular weight is 242 g/mol. The van der Waals surface area contributed by atoms with Gasteiger partial charge in [-0.3, -0.25) is 0 Å². The Labute approximate surface area is 102 Å². The molecule has 98 valence electrons. The van der Waals surface area contributed by atoms with Crippen LogP contribution in [0.25, 0.3) is 0 Å². The van der Waals surface area contributed by atoms with E-state index < -0.39 is 5.60 Å². The van der Waals surface area contributed by atoms with Crippen molar-refractivity contribution in [2.75, 3.05) is 13.2 Å². The lowest BCUT2D eigenvalue weighted by atomic mass is 9.93. The average Bonchev–Trinajstić information content (AvgIpc) is 2.13. The van der Waals surface area contributed by atoms with Crippen LogP contribution in [0.15, 0.2) is 0 Å². The van der Waals surface area contributed by atoms with Crippen LogP contribution in [0.3, 0.4) is 0 Å². The number of piperidine rings is 1. The van der Waals surface area contributed by atoms with Gasteiger partial charge in [0, 0.05) is 18.1 Å². The molecule has 1 amide bonds. The molecule has 0 unspecified atom stereocenters. The first-order valence-electron chi connectivity index (χ1n) is 6.26. The van der Waals surface area contributed by atoms with E-state index in [0.717, 1.165) is 26.1 Å². The number of hydrogen-bond donors (Lipinski definition) is 2. The first-order valence-corrected chi connectivity index (χ1v) is 6.26. The van der Waals surface area contributed by atoms with E-state index in [2.05, 4.69) is 10.6 Å². The van der Waals surface area contributed by atoms with Gasteiger partial charge in [-0.25, -0.2) is 4.79 Å². The quantitative estimate of drug-likeness (QED) is 0.721. The summed E-state index contributed by atoms with van der Waals surface area (Å²) in [4.78, 5) is 11.7. The smallest absolute Gasteiger partial charge is 0.407 e. The number of carbonyl (C=O) groups is 1. The predicted octanol–water partition coefficient (Wildman–Crippen LogP) is 1.03. The molecule has 5 heteroatoms. The van der Waals surface area contributed by atoms with Crippen LogP contribution in [0.2, 0.25) is 0 Å². The van der Waals surface area contributed by atoms with Crippen LogP contribution in [0.4, 0.5) is 4.79 Å². The summed E-state index contributed by atoms with van der Waals surface area (Å²) in [6.07, 6.45) is 1.51. The summed E-state index contributed by atoms with van der Waals surface area (Å²) in [5, 5.41) is 6.43. The van der Waals surface area contributed by atoms with Crippen molar-refractivity contribution < 1.29 is 14.3 Å². The lowest BCUT2D eigenvalue weighted by Crippen LogP contribution is -2.58. The molecule has 2 aliphatic heterocycles. The number of ether oxygens (including phenoxy) is 2. The minimum absolute atomic E-state index is 0.199. The van der Waals surface area contributed by atoms with E-state index in [1.807, 2.05) is 20.8 Å². The van der Waals surface area contributed by atoms with E-state index in [-0.39, 0.29) is 12.1 Å². The number of rotatable bonds is 1. The molecule has 2 atom stereocenters. The Morgan fingerprint density at radius 2 is 1.88 bits per heavy atom. The third-order valence-electron chi connectivity index (χ3n) is 2.97. The van der Waals surface area contributed by atoms with Gasteiger partial charge in [0.2, 0.25) is 0 Å². The van der Waals surface area contributed by atoms with Crippen molar-refractivity contribution in [2.24, 2.45) is 0 Å². The van der Waals surface area contributed by atoms with Gasteiger partial charge in [0.15, 0.2) is 0 Å². The van der Waals surface area contributed by atoms with Crippen LogP contribution < -0.4 is 10.6 Å². The van der Waals surface area contributed by atoms with Crippen molar-refractivity contribution >= 4 is 6.09 Å². The molecule has 2 saturated heterocycles. The van der Waals surface area contributed by atoms with E-state index in [0.29, 0.717) is 12.1 Å². The normalized spacial score (nSPS) is 33.0. The molecule has 0 aliphatic carbocycles. The number of amides is 1. The third-order valence-corrected chi connectivity index (χ3v) is 2.97. The number of hydrogen-bond acceptors (Lipinski definition) is 4. The molecule has 0 aromatic rings. The van der Waals surface area contributed by atoms with Crippen molar-refractivity contribution in [3.63, 3.8) is 0 Å².